The minimum absolute atomic E-state index is 0.0715. The van der Waals surface area contributed by atoms with Crippen molar-refractivity contribution in [1.29, 1.82) is 0 Å². The molecular formula is C23H26ClN5O6. The standard InChI is InChI=1S/C23H26ClN5O6/c24-17-5-2-1-4-15(17)21(32)29-18(22(33)34)13-28-20(31)16-7-6-14(12-19(16)30)35-11-10-27-23-25-8-3-9-26-23/h1-2,4-7,12,18,30H,3,8-11,13H2,(H,28,31)(H,29,32)(H,33,34)(H2,25,26,27)/t18-/m0/s1. The molecule has 35 heavy (non-hydrogen) atoms. The number of nitrogens with one attached hydrogen (secondary N) is 4. The lowest BCUT2D eigenvalue weighted by Gasteiger charge is -2.17. The van der Waals surface area contributed by atoms with Crippen LogP contribution in [0.1, 0.15) is 27.1 Å². The smallest absolute Gasteiger partial charge is 0.328 e. The maximum Gasteiger partial charge on any atom is 0.328 e. The van der Waals surface area contributed by atoms with Crippen LogP contribution in [0.15, 0.2) is 47.5 Å². The molecule has 0 saturated carbocycles. The molecular weight excluding hydrogens is 478 g/mol. The number of benzene rings is 2. The number of hydrogen-bond acceptors (Lipinski definition) is 8. The van der Waals surface area contributed by atoms with Crippen LogP contribution < -0.4 is 26.0 Å². The van der Waals surface area contributed by atoms with Crippen molar-refractivity contribution in [3.8, 4) is 11.5 Å². The molecule has 0 aliphatic carbocycles. The van der Waals surface area contributed by atoms with E-state index in [1.165, 1.54) is 30.3 Å². The first-order valence-electron chi connectivity index (χ1n) is 10.9. The molecule has 3 rings (SSSR count). The highest BCUT2D eigenvalue weighted by atomic mass is 35.5. The lowest BCUT2D eigenvalue weighted by Crippen LogP contribution is -2.48. The van der Waals surface area contributed by atoms with Crippen LogP contribution in [-0.2, 0) is 4.79 Å². The van der Waals surface area contributed by atoms with E-state index in [4.69, 9.17) is 16.3 Å². The van der Waals surface area contributed by atoms with Gasteiger partial charge in [0.05, 0.1) is 22.7 Å². The number of hydrogen-bond donors (Lipinski definition) is 6. The number of carboxylic acid groups (broad SMARTS) is 1. The summed E-state index contributed by atoms with van der Waals surface area (Å²) in [6.45, 7) is 2.02. The lowest BCUT2D eigenvalue weighted by molar-refractivity contribution is -0.139. The molecule has 2 aromatic rings. The predicted octanol–water partition coefficient (Wildman–Crippen LogP) is 0.976. The van der Waals surface area contributed by atoms with Gasteiger partial charge in [-0.15, -0.1) is 0 Å². The van der Waals surface area contributed by atoms with Crippen LogP contribution in [0, 0.1) is 0 Å². The maximum absolute atomic E-state index is 12.5. The Morgan fingerprint density at radius 1 is 1.14 bits per heavy atom. The number of phenols is 1. The number of amides is 2. The number of aromatic hydroxyl groups is 1. The fraction of sp³-hybridized carbons (Fsp3) is 0.304. The van der Waals surface area contributed by atoms with Gasteiger partial charge in [-0.05, 0) is 30.7 Å². The Balaban J connectivity index is 1.50. The van der Waals surface area contributed by atoms with E-state index in [0.717, 1.165) is 25.5 Å². The molecule has 0 saturated heterocycles. The van der Waals surface area contributed by atoms with Gasteiger partial charge >= 0.3 is 5.97 Å². The predicted molar refractivity (Wildman–Crippen MR) is 129 cm³/mol. The quantitative estimate of drug-likeness (QED) is 0.261. The van der Waals surface area contributed by atoms with Gasteiger partial charge in [0.2, 0.25) is 0 Å². The molecule has 0 unspecified atom stereocenters. The summed E-state index contributed by atoms with van der Waals surface area (Å²) >= 11 is 5.97. The van der Waals surface area contributed by atoms with Crippen molar-refractivity contribution < 1.29 is 29.3 Å². The topological polar surface area (TPSA) is 161 Å². The molecule has 1 aliphatic heterocycles. The minimum Gasteiger partial charge on any atom is -0.507 e. The molecule has 1 heterocycles. The van der Waals surface area contributed by atoms with E-state index in [2.05, 4.69) is 26.3 Å². The molecule has 2 aromatic carbocycles. The van der Waals surface area contributed by atoms with Gasteiger partial charge in [-0.3, -0.25) is 14.6 Å². The summed E-state index contributed by atoms with van der Waals surface area (Å²) < 4.78 is 5.56. The third kappa shape index (κ3) is 7.51. The molecule has 6 N–H and O–H groups in total. The normalized spacial score (nSPS) is 13.6. The molecule has 12 heteroatoms. The number of rotatable bonds is 10. The van der Waals surface area contributed by atoms with Crippen LogP contribution in [0.2, 0.25) is 5.02 Å². The summed E-state index contributed by atoms with van der Waals surface area (Å²) in [5.41, 5.74) is 0.0379. The van der Waals surface area contributed by atoms with Gasteiger partial charge in [-0.25, -0.2) is 4.79 Å². The van der Waals surface area contributed by atoms with Crippen molar-refractivity contribution >= 4 is 35.3 Å². The Hall–Kier alpha value is -3.99. The molecule has 186 valence electrons. The summed E-state index contributed by atoms with van der Waals surface area (Å²) in [7, 11) is 0. The Kier molecular flexibility index (Phi) is 9.13. The summed E-state index contributed by atoms with van der Waals surface area (Å²) in [5, 5.41) is 30.8. The molecule has 0 fully saturated rings. The van der Waals surface area contributed by atoms with E-state index >= 15 is 0 Å². The lowest BCUT2D eigenvalue weighted by atomic mass is 10.1. The average molecular weight is 504 g/mol. The Morgan fingerprint density at radius 3 is 2.63 bits per heavy atom. The molecule has 1 aliphatic rings. The van der Waals surface area contributed by atoms with Crippen molar-refractivity contribution in [1.82, 2.24) is 21.3 Å². The molecule has 11 nitrogen and oxygen atoms in total. The average Bonchev–Trinajstić information content (AvgIpc) is 2.85. The van der Waals surface area contributed by atoms with Crippen LogP contribution in [-0.4, -0.2) is 72.8 Å². The fourth-order valence-electron chi connectivity index (χ4n) is 3.15. The van der Waals surface area contributed by atoms with Gasteiger partial charge in [0.25, 0.3) is 11.8 Å². The van der Waals surface area contributed by atoms with Crippen molar-refractivity contribution in [2.75, 3.05) is 32.8 Å². The van der Waals surface area contributed by atoms with Gasteiger partial charge in [0, 0.05) is 25.7 Å². The zero-order valence-electron chi connectivity index (χ0n) is 18.7. The van der Waals surface area contributed by atoms with E-state index in [-0.39, 0.29) is 21.9 Å². The third-order valence-corrected chi connectivity index (χ3v) is 5.29. The number of ether oxygens (including phenoxy) is 1. The van der Waals surface area contributed by atoms with Crippen molar-refractivity contribution in [2.24, 2.45) is 4.99 Å². The summed E-state index contributed by atoms with van der Waals surface area (Å²) in [5.74, 6) is -2.01. The summed E-state index contributed by atoms with van der Waals surface area (Å²) in [6.07, 6.45) is 0.995. The van der Waals surface area contributed by atoms with Crippen LogP contribution in [0.25, 0.3) is 0 Å². The number of guanidine groups is 1. The highest BCUT2D eigenvalue weighted by molar-refractivity contribution is 6.33. The molecule has 0 bridgehead atoms. The monoisotopic (exact) mass is 503 g/mol. The number of nitrogens with zero attached hydrogens (tertiary/aromatic N) is 1. The van der Waals surface area contributed by atoms with E-state index in [0.29, 0.717) is 18.9 Å². The molecule has 0 radical (unpaired) electrons. The van der Waals surface area contributed by atoms with Gasteiger partial charge in [-0.1, -0.05) is 23.7 Å². The van der Waals surface area contributed by atoms with Crippen molar-refractivity contribution in [2.45, 2.75) is 12.5 Å². The molecule has 0 aromatic heterocycles. The number of halogens is 1. The number of phenolic OH excluding ortho intramolecular Hbond substituents is 1. The number of aliphatic imine (C=N–C) groups is 1. The molecule has 2 amide bonds. The Bertz CT molecular complexity index is 1110. The third-order valence-electron chi connectivity index (χ3n) is 4.96. The second-order valence-electron chi connectivity index (χ2n) is 7.52. The number of aliphatic carboxylic acids is 1. The second-order valence-corrected chi connectivity index (χ2v) is 7.93. The van der Waals surface area contributed by atoms with Crippen LogP contribution >= 0.6 is 11.6 Å². The van der Waals surface area contributed by atoms with Crippen molar-refractivity contribution in [3.63, 3.8) is 0 Å². The van der Waals surface area contributed by atoms with Gasteiger partial charge in [0.15, 0.2) is 5.96 Å². The van der Waals surface area contributed by atoms with E-state index in [1.807, 2.05) is 0 Å². The Morgan fingerprint density at radius 2 is 1.94 bits per heavy atom. The summed E-state index contributed by atoms with van der Waals surface area (Å²) in [6, 6.07) is 8.93. The Labute approximate surface area is 206 Å². The van der Waals surface area contributed by atoms with E-state index in [1.54, 1.807) is 12.1 Å². The van der Waals surface area contributed by atoms with E-state index in [9.17, 15) is 24.6 Å². The molecule has 1 atom stereocenters. The van der Waals surface area contributed by atoms with Crippen LogP contribution in [0.3, 0.4) is 0 Å². The molecule has 0 spiro atoms. The van der Waals surface area contributed by atoms with Gasteiger partial charge in [-0.2, -0.15) is 0 Å². The van der Waals surface area contributed by atoms with Crippen LogP contribution in [0.4, 0.5) is 0 Å². The number of carbonyl (C=O) groups is 3. The van der Waals surface area contributed by atoms with E-state index < -0.39 is 30.4 Å². The van der Waals surface area contributed by atoms with Crippen LogP contribution in [0.5, 0.6) is 11.5 Å². The highest BCUT2D eigenvalue weighted by Crippen LogP contribution is 2.23. The highest BCUT2D eigenvalue weighted by Gasteiger charge is 2.23. The van der Waals surface area contributed by atoms with Crippen molar-refractivity contribution in [3.05, 3.63) is 58.6 Å². The first-order valence-corrected chi connectivity index (χ1v) is 11.3. The zero-order chi connectivity index (χ0) is 25.2. The van der Waals surface area contributed by atoms with Gasteiger partial charge < -0.3 is 36.2 Å². The fourth-order valence-corrected chi connectivity index (χ4v) is 3.38. The first-order chi connectivity index (χ1) is 16.8. The minimum atomic E-state index is -1.41. The maximum atomic E-state index is 12.5. The summed E-state index contributed by atoms with van der Waals surface area (Å²) in [4.78, 5) is 40.7. The largest absolute Gasteiger partial charge is 0.507 e. The first kappa shape index (κ1) is 25.6. The number of carbonyl (C=O) groups excluding carboxylic acids is 2. The second kappa shape index (κ2) is 12.5. The SMILES string of the molecule is O=C(NC[C@H](NC(=O)c1ccccc1Cl)C(=O)O)c1ccc(OCCNC2=NCCCN2)cc1O. The zero-order valence-corrected chi connectivity index (χ0v) is 19.5. The number of carboxylic acids is 1. The van der Waals surface area contributed by atoms with Gasteiger partial charge in [0.1, 0.15) is 24.1 Å².